The van der Waals surface area contributed by atoms with Gasteiger partial charge >= 0.3 is 0 Å². The van der Waals surface area contributed by atoms with Crippen molar-refractivity contribution < 1.29 is 14.6 Å². The zero-order valence-electron chi connectivity index (χ0n) is 10.1. The van der Waals surface area contributed by atoms with E-state index >= 15 is 0 Å². The van der Waals surface area contributed by atoms with Gasteiger partial charge < -0.3 is 14.6 Å². The normalized spacial score (nSPS) is 34.1. The van der Waals surface area contributed by atoms with Crippen LogP contribution in [0.2, 0.25) is 0 Å². The Kier molecular flexibility index (Phi) is 4.58. The van der Waals surface area contributed by atoms with Crippen LogP contribution in [-0.4, -0.2) is 61.7 Å². The van der Waals surface area contributed by atoms with Crippen LogP contribution in [0.5, 0.6) is 0 Å². The summed E-state index contributed by atoms with van der Waals surface area (Å²) < 4.78 is 10.9. The third kappa shape index (κ3) is 3.17. The summed E-state index contributed by atoms with van der Waals surface area (Å²) in [6.45, 7) is 6.90. The van der Waals surface area contributed by atoms with Crippen molar-refractivity contribution in [1.29, 1.82) is 0 Å². The molecule has 2 heterocycles. The number of ether oxygens (including phenoxy) is 2. The van der Waals surface area contributed by atoms with Crippen LogP contribution < -0.4 is 0 Å². The highest BCUT2D eigenvalue weighted by Crippen LogP contribution is 2.20. The van der Waals surface area contributed by atoms with Crippen molar-refractivity contribution in [3.05, 3.63) is 0 Å². The molecular formula is C12H23NO3. The van der Waals surface area contributed by atoms with E-state index in [0.29, 0.717) is 6.04 Å². The smallest absolute Gasteiger partial charge is 0.0933 e. The van der Waals surface area contributed by atoms with Gasteiger partial charge in [-0.2, -0.15) is 0 Å². The van der Waals surface area contributed by atoms with E-state index in [1.165, 1.54) is 12.8 Å². The third-order valence-electron chi connectivity index (χ3n) is 3.67. The number of nitrogens with zero attached hydrogens (tertiary/aromatic N) is 1. The standard InChI is InChI=1S/C12H23NO3/c1-10-9-16-12(8-14)7-13(10)6-11-2-4-15-5-3-11/h10-12,14H,2-9H2,1H3. The minimum atomic E-state index is 0.0102. The Bertz CT molecular complexity index is 206. The summed E-state index contributed by atoms with van der Waals surface area (Å²) in [7, 11) is 0. The molecule has 0 bridgehead atoms. The molecule has 1 N–H and O–H groups in total. The molecule has 0 aromatic rings. The molecule has 0 saturated carbocycles. The second-order valence-electron chi connectivity index (χ2n) is 5.00. The van der Waals surface area contributed by atoms with Crippen molar-refractivity contribution in [3.63, 3.8) is 0 Å². The zero-order valence-corrected chi connectivity index (χ0v) is 10.1. The molecule has 0 aromatic heterocycles. The zero-order chi connectivity index (χ0) is 11.4. The lowest BCUT2D eigenvalue weighted by atomic mass is 9.98. The van der Waals surface area contributed by atoms with Crippen molar-refractivity contribution >= 4 is 0 Å². The Morgan fingerprint density at radius 3 is 2.75 bits per heavy atom. The molecule has 0 aliphatic carbocycles. The second kappa shape index (κ2) is 5.96. The summed E-state index contributed by atoms with van der Waals surface area (Å²) in [5.41, 5.74) is 0. The van der Waals surface area contributed by atoms with Gasteiger partial charge in [0.25, 0.3) is 0 Å². The lowest BCUT2D eigenvalue weighted by molar-refractivity contribution is -0.0852. The van der Waals surface area contributed by atoms with Gasteiger partial charge in [-0.1, -0.05) is 0 Å². The Morgan fingerprint density at radius 1 is 1.31 bits per heavy atom. The van der Waals surface area contributed by atoms with E-state index in [1.54, 1.807) is 0 Å². The fourth-order valence-corrected chi connectivity index (χ4v) is 2.50. The molecule has 94 valence electrons. The molecule has 2 unspecified atom stereocenters. The predicted octanol–water partition coefficient (Wildman–Crippen LogP) is 0.495. The maximum Gasteiger partial charge on any atom is 0.0933 e. The van der Waals surface area contributed by atoms with E-state index in [0.717, 1.165) is 38.8 Å². The molecule has 16 heavy (non-hydrogen) atoms. The number of aliphatic hydroxyl groups excluding tert-OH is 1. The Hall–Kier alpha value is -0.160. The van der Waals surface area contributed by atoms with Gasteiger partial charge in [-0.15, -0.1) is 0 Å². The molecule has 2 aliphatic rings. The van der Waals surface area contributed by atoms with E-state index in [9.17, 15) is 0 Å². The van der Waals surface area contributed by atoms with E-state index < -0.39 is 0 Å². The van der Waals surface area contributed by atoms with Gasteiger partial charge in [-0.05, 0) is 25.7 Å². The molecule has 0 radical (unpaired) electrons. The molecule has 2 fully saturated rings. The number of morpholine rings is 1. The second-order valence-corrected chi connectivity index (χ2v) is 5.00. The molecule has 0 spiro atoms. The van der Waals surface area contributed by atoms with E-state index in [1.807, 2.05) is 0 Å². The quantitative estimate of drug-likeness (QED) is 0.765. The molecule has 2 rings (SSSR count). The topological polar surface area (TPSA) is 41.9 Å². The van der Waals surface area contributed by atoms with Crippen LogP contribution in [0.4, 0.5) is 0 Å². The first-order valence-electron chi connectivity index (χ1n) is 6.34. The summed E-state index contributed by atoms with van der Waals surface area (Å²) >= 11 is 0. The fraction of sp³-hybridized carbons (Fsp3) is 1.00. The van der Waals surface area contributed by atoms with Crippen molar-refractivity contribution in [2.24, 2.45) is 5.92 Å². The average Bonchev–Trinajstić information content (AvgIpc) is 2.33. The van der Waals surface area contributed by atoms with Crippen LogP contribution in [0.3, 0.4) is 0 Å². The lowest BCUT2D eigenvalue weighted by Crippen LogP contribution is -2.51. The number of rotatable bonds is 3. The van der Waals surface area contributed by atoms with Gasteiger partial charge in [0.05, 0.1) is 19.3 Å². The molecule has 0 amide bonds. The summed E-state index contributed by atoms with van der Waals surface area (Å²) in [5, 5.41) is 9.13. The first kappa shape index (κ1) is 12.3. The Balaban J connectivity index is 1.81. The maximum atomic E-state index is 9.13. The van der Waals surface area contributed by atoms with Gasteiger partial charge in [-0.3, -0.25) is 4.90 Å². The van der Waals surface area contributed by atoms with Gasteiger partial charge in [0.15, 0.2) is 0 Å². The minimum Gasteiger partial charge on any atom is -0.394 e. The van der Waals surface area contributed by atoms with Crippen LogP contribution in [0.1, 0.15) is 19.8 Å². The van der Waals surface area contributed by atoms with E-state index in [-0.39, 0.29) is 12.7 Å². The number of hydrogen-bond donors (Lipinski definition) is 1. The summed E-state index contributed by atoms with van der Waals surface area (Å²) in [6, 6.07) is 0.477. The molecule has 2 atom stereocenters. The molecule has 4 heteroatoms. The first-order chi connectivity index (χ1) is 7.79. The number of hydrogen-bond acceptors (Lipinski definition) is 4. The molecular weight excluding hydrogens is 206 g/mol. The Labute approximate surface area is 97.5 Å². The van der Waals surface area contributed by atoms with Gasteiger partial charge in [0.1, 0.15) is 0 Å². The molecule has 0 aromatic carbocycles. The number of aliphatic hydroxyl groups is 1. The molecule has 4 nitrogen and oxygen atoms in total. The van der Waals surface area contributed by atoms with Crippen LogP contribution >= 0.6 is 0 Å². The summed E-state index contributed by atoms with van der Waals surface area (Å²) in [6.07, 6.45) is 2.36. The summed E-state index contributed by atoms with van der Waals surface area (Å²) in [4.78, 5) is 2.46. The summed E-state index contributed by atoms with van der Waals surface area (Å²) in [5.74, 6) is 0.758. The monoisotopic (exact) mass is 229 g/mol. The predicted molar refractivity (Wildman–Crippen MR) is 61.4 cm³/mol. The fourth-order valence-electron chi connectivity index (χ4n) is 2.50. The van der Waals surface area contributed by atoms with Gasteiger partial charge in [-0.25, -0.2) is 0 Å². The maximum absolute atomic E-state index is 9.13. The third-order valence-corrected chi connectivity index (χ3v) is 3.67. The van der Waals surface area contributed by atoms with Crippen molar-refractivity contribution in [1.82, 2.24) is 4.90 Å². The van der Waals surface area contributed by atoms with Crippen molar-refractivity contribution in [2.45, 2.75) is 31.9 Å². The van der Waals surface area contributed by atoms with Crippen LogP contribution in [0.25, 0.3) is 0 Å². The first-order valence-corrected chi connectivity index (χ1v) is 6.34. The average molecular weight is 229 g/mol. The largest absolute Gasteiger partial charge is 0.394 e. The van der Waals surface area contributed by atoms with Gasteiger partial charge in [0.2, 0.25) is 0 Å². The Morgan fingerprint density at radius 2 is 2.06 bits per heavy atom. The van der Waals surface area contributed by atoms with E-state index in [2.05, 4.69) is 11.8 Å². The van der Waals surface area contributed by atoms with Crippen molar-refractivity contribution in [2.75, 3.05) is 39.5 Å². The van der Waals surface area contributed by atoms with Crippen LogP contribution in [0, 0.1) is 5.92 Å². The minimum absolute atomic E-state index is 0.0102. The van der Waals surface area contributed by atoms with Crippen LogP contribution in [-0.2, 0) is 9.47 Å². The van der Waals surface area contributed by atoms with Crippen LogP contribution in [0.15, 0.2) is 0 Å². The van der Waals surface area contributed by atoms with E-state index in [4.69, 9.17) is 14.6 Å². The molecule has 2 aliphatic heterocycles. The highest BCUT2D eigenvalue weighted by atomic mass is 16.5. The highest BCUT2D eigenvalue weighted by Gasteiger charge is 2.28. The molecule has 2 saturated heterocycles. The highest BCUT2D eigenvalue weighted by molar-refractivity contribution is 4.79. The SMILES string of the molecule is CC1COC(CO)CN1CC1CCOCC1. The van der Waals surface area contributed by atoms with Gasteiger partial charge in [0, 0.05) is 32.3 Å². The van der Waals surface area contributed by atoms with Crippen molar-refractivity contribution in [3.8, 4) is 0 Å². The lowest BCUT2D eigenvalue weighted by Gasteiger charge is -2.39.